The predicted molar refractivity (Wildman–Crippen MR) is 71.2 cm³/mol. The van der Waals surface area contributed by atoms with Crippen molar-refractivity contribution in [3.05, 3.63) is 0 Å². The minimum Gasteiger partial charge on any atom is -0.481 e. The number of amides is 1. The Balaban J connectivity index is 1.48. The van der Waals surface area contributed by atoms with Crippen molar-refractivity contribution in [1.82, 2.24) is 10.6 Å². The number of hydrogen-bond acceptors (Lipinski definition) is 4. The lowest BCUT2D eigenvalue weighted by atomic mass is 9.89. The van der Waals surface area contributed by atoms with Gasteiger partial charge in [-0.1, -0.05) is 0 Å². The third kappa shape index (κ3) is 2.96. The monoisotopic (exact) mass is 282 g/mol. The molecular formula is C14H22N2O4. The van der Waals surface area contributed by atoms with Crippen LogP contribution in [0.3, 0.4) is 0 Å². The second kappa shape index (κ2) is 5.69. The lowest BCUT2D eigenvalue weighted by Crippen LogP contribution is -2.44. The first-order valence-corrected chi connectivity index (χ1v) is 7.48. The molecule has 4 atom stereocenters. The summed E-state index contributed by atoms with van der Waals surface area (Å²) in [6.45, 7) is 0.498. The number of carboxylic acid groups (broad SMARTS) is 1. The van der Waals surface area contributed by atoms with E-state index >= 15 is 0 Å². The van der Waals surface area contributed by atoms with Crippen molar-refractivity contribution < 1.29 is 19.4 Å². The molecule has 0 aromatic rings. The van der Waals surface area contributed by atoms with E-state index in [0.29, 0.717) is 31.0 Å². The van der Waals surface area contributed by atoms with Gasteiger partial charge in [0.05, 0.1) is 19.3 Å². The van der Waals surface area contributed by atoms with E-state index in [-0.39, 0.29) is 18.6 Å². The van der Waals surface area contributed by atoms with Crippen LogP contribution in [0.25, 0.3) is 0 Å². The molecule has 3 rings (SSSR count). The van der Waals surface area contributed by atoms with Crippen molar-refractivity contribution in [2.24, 2.45) is 11.8 Å². The molecule has 0 aromatic carbocycles. The van der Waals surface area contributed by atoms with Crippen LogP contribution in [0.15, 0.2) is 0 Å². The Morgan fingerprint density at radius 3 is 2.55 bits per heavy atom. The summed E-state index contributed by atoms with van der Waals surface area (Å²) >= 11 is 0. The zero-order valence-electron chi connectivity index (χ0n) is 11.5. The van der Waals surface area contributed by atoms with Gasteiger partial charge < -0.3 is 20.5 Å². The van der Waals surface area contributed by atoms with Crippen LogP contribution in [-0.4, -0.2) is 48.3 Å². The van der Waals surface area contributed by atoms with E-state index in [9.17, 15) is 9.59 Å². The van der Waals surface area contributed by atoms with Gasteiger partial charge in [-0.05, 0) is 31.6 Å². The second-order valence-electron chi connectivity index (χ2n) is 6.34. The quantitative estimate of drug-likeness (QED) is 0.682. The van der Waals surface area contributed by atoms with Crippen LogP contribution in [0, 0.1) is 11.8 Å². The van der Waals surface area contributed by atoms with Crippen LogP contribution in [0.2, 0.25) is 0 Å². The summed E-state index contributed by atoms with van der Waals surface area (Å²) < 4.78 is 5.16. The van der Waals surface area contributed by atoms with Crippen LogP contribution < -0.4 is 10.6 Å². The smallest absolute Gasteiger partial charge is 0.311 e. The summed E-state index contributed by atoms with van der Waals surface area (Å²) in [4.78, 5) is 23.1. The number of nitrogens with one attached hydrogen (secondary N) is 2. The van der Waals surface area contributed by atoms with Crippen LogP contribution in [0.4, 0.5) is 0 Å². The summed E-state index contributed by atoms with van der Waals surface area (Å²) in [5.74, 6) is -1.10. The van der Waals surface area contributed by atoms with Crippen LogP contribution in [0.1, 0.15) is 32.1 Å². The van der Waals surface area contributed by atoms with Crippen LogP contribution >= 0.6 is 0 Å². The molecule has 6 heteroatoms. The van der Waals surface area contributed by atoms with Gasteiger partial charge in [-0.15, -0.1) is 0 Å². The van der Waals surface area contributed by atoms with Gasteiger partial charge in [-0.3, -0.25) is 9.59 Å². The molecular weight excluding hydrogens is 260 g/mol. The molecule has 0 radical (unpaired) electrons. The molecule has 3 heterocycles. The highest BCUT2D eigenvalue weighted by Crippen LogP contribution is 2.32. The first-order valence-electron chi connectivity index (χ1n) is 7.48. The average molecular weight is 282 g/mol. The number of carbonyl (C=O) groups is 2. The van der Waals surface area contributed by atoms with Gasteiger partial charge >= 0.3 is 5.97 Å². The number of ether oxygens (including phenoxy) is 1. The van der Waals surface area contributed by atoms with Crippen molar-refractivity contribution in [2.75, 3.05) is 13.2 Å². The van der Waals surface area contributed by atoms with Crippen LogP contribution in [0.5, 0.6) is 0 Å². The van der Waals surface area contributed by atoms with E-state index in [2.05, 4.69) is 10.6 Å². The molecule has 1 amide bonds. The highest BCUT2D eigenvalue weighted by molar-refractivity contribution is 5.78. The Hall–Kier alpha value is -1.14. The second-order valence-corrected chi connectivity index (χ2v) is 6.34. The Bertz CT molecular complexity index is 389. The van der Waals surface area contributed by atoms with Gasteiger partial charge in [0.1, 0.15) is 5.92 Å². The van der Waals surface area contributed by atoms with E-state index in [0.717, 1.165) is 12.8 Å². The third-order valence-electron chi connectivity index (χ3n) is 4.79. The zero-order valence-corrected chi connectivity index (χ0v) is 11.5. The lowest BCUT2D eigenvalue weighted by molar-refractivity contribution is -0.142. The maximum Gasteiger partial charge on any atom is 0.311 e. The molecule has 4 unspecified atom stereocenters. The van der Waals surface area contributed by atoms with Crippen LogP contribution in [-0.2, 0) is 14.3 Å². The Morgan fingerprint density at radius 1 is 1.20 bits per heavy atom. The summed E-state index contributed by atoms with van der Waals surface area (Å²) in [7, 11) is 0. The van der Waals surface area contributed by atoms with Gasteiger partial charge in [-0.25, -0.2) is 0 Å². The van der Waals surface area contributed by atoms with Crippen molar-refractivity contribution in [3.63, 3.8) is 0 Å². The fourth-order valence-corrected chi connectivity index (χ4v) is 3.81. The SMILES string of the molecule is O=C(CC1CC2CCC(C1)N2)NC1COCC1C(=O)O. The highest BCUT2D eigenvalue weighted by Gasteiger charge is 2.37. The van der Waals surface area contributed by atoms with Gasteiger partial charge in [0.15, 0.2) is 0 Å². The first-order chi connectivity index (χ1) is 9.61. The van der Waals surface area contributed by atoms with Gasteiger partial charge in [0.25, 0.3) is 0 Å². The number of rotatable bonds is 4. The number of hydrogen-bond donors (Lipinski definition) is 3. The molecule has 3 saturated heterocycles. The molecule has 3 aliphatic heterocycles. The Morgan fingerprint density at radius 2 is 1.90 bits per heavy atom. The number of aliphatic carboxylic acids is 1. The molecule has 112 valence electrons. The molecule has 20 heavy (non-hydrogen) atoms. The largest absolute Gasteiger partial charge is 0.481 e. The fourth-order valence-electron chi connectivity index (χ4n) is 3.81. The summed E-state index contributed by atoms with van der Waals surface area (Å²) in [6, 6.07) is 0.778. The minimum atomic E-state index is -0.896. The highest BCUT2D eigenvalue weighted by atomic mass is 16.5. The number of carbonyl (C=O) groups excluding carboxylic acids is 1. The Kier molecular flexibility index (Phi) is 3.94. The van der Waals surface area contributed by atoms with Crippen molar-refractivity contribution in [2.45, 2.75) is 50.2 Å². The standard InChI is InChI=1S/C14H22N2O4/c17-13(16-12-7-20-6-11(12)14(18)19)5-8-3-9-1-2-10(4-8)15-9/h8-12,15H,1-7H2,(H,16,17)(H,18,19). The fraction of sp³-hybridized carbons (Fsp3) is 0.857. The van der Waals surface area contributed by atoms with Gasteiger partial charge in [0, 0.05) is 18.5 Å². The van der Waals surface area contributed by atoms with E-state index in [1.165, 1.54) is 12.8 Å². The predicted octanol–water partition coefficient (Wildman–Crippen LogP) is 0.123. The van der Waals surface area contributed by atoms with Crippen molar-refractivity contribution >= 4 is 11.9 Å². The summed E-state index contributed by atoms with van der Waals surface area (Å²) in [5.41, 5.74) is 0. The van der Waals surface area contributed by atoms with Crippen molar-refractivity contribution in [1.29, 1.82) is 0 Å². The number of piperidine rings is 1. The molecule has 0 saturated carbocycles. The number of carboxylic acids is 1. The topological polar surface area (TPSA) is 87.7 Å². The van der Waals surface area contributed by atoms with E-state index < -0.39 is 11.9 Å². The van der Waals surface area contributed by atoms with E-state index in [1.807, 2.05) is 0 Å². The van der Waals surface area contributed by atoms with E-state index in [4.69, 9.17) is 9.84 Å². The Labute approximate surface area is 118 Å². The first kappa shape index (κ1) is 13.8. The molecule has 0 aliphatic carbocycles. The molecule has 0 spiro atoms. The molecule has 3 N–H and O–H groups in total. The zero-order chi connectivity index (χ0) is 14.1. The van der Waals surface area contributed by atoms with Gasteiger partial charge in [0.2, 0.25) is 5.91 Å². The normalized spacial score (nSPS) is 39.7. The third-order valence-corrected chi connectivity index (χ3v) is 4.79. The molecule has 3 aliphatic rings. The molecule has 3 fully saturated rings. The lowest BCUT2D eigenvalue weighted by Gasteiger charge is -2.29. The van der Waals surface area contributed by atoms with Crippen molar-refractivity contribution in [3.8, 4) is 0 Å². The average Bonchev–Trinajstić information content (AvgIpc) is 2.96. The maximum absolute atomic E-state index is 12.1. The maximum atomic E-state index is 12.1. The summed E-state index contributed by atoms with van der Waals surface area (Å²) in [6.07, 6.45) is 5.08. The number of fused-ring (bicyclic) bond motifs is 2. The van der Waals surface area contributed by atoms with Gasteiger partial charge in [-0.2, -0.15) is 0 Å². The molecule has 0 aromatic heterocycles. The van der Waals surface area contributed by atoms with E-state index in [1.54, 1.807) is 0 Å². The minimum absolute atomic E-state index is 0.0296. The molecule has 6 nitrogen and oxygen atoms in total. The summed E-state index contributed by atoms with van der Waals surface area (Å²) in [5, 5.41) is 15.5. The molecule has 2 bridgehead atoms.